The smallest absolute Gasteiger partial charge is 0.222 e. The van der Waals surface area contributed by atoms with Gasteiger partial charge in [-0.15, -0.1) is 0 Å². The highest BCUT2D eigenvalue weighted by molar-refractivity contribution is 7.91. The monoisotopic (exact) mass is 424 g/mol. The molecule has 0 radical (unpaired) electrons. The number of sulfone groups is 1. The van der Waals surface area contributed by atoms with Crippen LogP contribution in [-0.2, 0) is 14.6 Å². The molecule has 0 spiro atoms. The summed E-state index contributed by atoms with van der Waals surface area (Å²) in [6.45, 7) is 1.37. The van der Waals surface area contributed by atoms with Crippen LogP contribution in [0.25, 0.3) is 0 Å². The van der Waals surface area contributed by atoms with Crippen molar-refractivity contribution >= 4 is 15.7 Å². The Kier molecular flexibility index (Phi) is 7.29. The molecule has 1 amide bonds. The first kappa shape index (κ1) is 21.8. The van der Waals surface area contributed by atoms with Crippen LogP contribution in [0.4, 0.5) is 4.39 Å². The molecule has 8 heteroatoms. The van der Waals surface area contributed by atoms with E-state index < -0.39 is 9.84 Å². The van der Waals surface area contributed by atoms with Gasteiger partial charge in [-0.25, -0.2) is 12.8 Å². The highest BCUT2D eigenvalue weighted by atomic mass is 32.2. The number of halogens is 1. The Morgan fingerprint density at radius 3 is 2.34 bits per heavy atom. The minimum atomic E-state index is -3.41. The van der Waals surface area contributed by atoms with Crippen molar-refractivity contribution in [1.82, 2.24) is 4.90 Å². The zero-order valence-corrected chi connectivity index (χ0v) is 17.4. The highest BCUT2D eigenvalue weighted by Crippen LogP contribution is 2.33. The Morgan fingerprint density at radius 2 is 1.79 bits per heavy atom. The number of rotatable bonds is 9. The molecule has 1 heterocycles. The van der Waals surface area contributed by atoms with Gasteiger partial charge < -0.3 is 15.4 Å². The van der Waals surface area contributed by atoms with Gasteiger partial charge in [-0.1, -0.05) is 0 Å². The maximum atomic E-state index is 12.7. The van der Waals surface area contributed by atoms with Gasteiger partial charge in [0.15, 0.2) is 9.84 Å². The first-order chi connectivity index (χ1) is 13.9. The van der Waals surface area contributed by atoms with Crippen LogP contribution in [-0.4, -0.2) is 51.2 Å². The normalized spacial score (nSPS) is 18.7. The van der Waals surface area contributed by atoms with Crippen LogP contribution in [0.2, 0.25) is 0 Å². The van der Waals surface area contributed by atoms with Crippen molar-refractivity contribution in [2.24, 2.45) is 17.6 Å². The summed E-state index contributed by atoms with van der Waals surface area (Å²) >= 11 is 0. The molecular formula is C21H29FN2O4S. The largest absolute Gasteiger partial charge is 0.489 e. The van der Waals surface area contributed by atoms with Crippen LogP contribution in [0.5, 0.6) is 5.75 Å². The first-order valence-electron chi connectivity index (χ1n) is 10.1. The second-order valence-electron chi connectivity index (χ2n) is 7.98. The maximum Gasteiger partial charge on any atom is 0.222 e. The van der Waals surface area contributed by atoms with Gasteiger partial charge in [-0.2, -0.15) is 0 Å². The predicted octanol–water partition coefficient (Wildman–Crippen LogP) is 2.69. The molecule has 2 fully saturated rings. The van der Waals surface area contributed by atoms with E-state index in [1.54, 1.807) is 12.1 Å². The third-order valence-corrected chi connectivity index (χ3v) is 7.51. The molecule has 1 saturated heterocycles. The zero-order valence-electron chi connectivity index (χ0n) is 16.6. The summed E-state index contributed by atoms with van der Waals surface area (Å²) in [4.78, 5) is 14.3. The van der Waals surface area contributed by atoms with Crippen molar-refractivity contribution in [3.05, 3.63) is 36.2 Å². The van der Waals surface area contributed by atoms with Gasteiger partial charge in [-0.3, -0.25) is 4.79 Å². The lowest BCUT2D eigenvalue weighted by molar-refractivity contribution is -0.132. The van der Waals surface area contributed by atoms with E-state index in [2.05, 4.69) is 0 Å². The molecule has 160 valence electrons. The summed E-state index contributed by atoms with van der Waals surface area (Å²) in [5.74, 6) is 1.38. The number of hydrogen-bond acceptors (Lipinski definition) is 5. The third-order valence-electron chi connectivity index (χ3n) is 5.61. The quantitative estimate of drug-likeness (QED) is 0.658. The number of benzene rings is 1. The average molecular weight is 425 g/mol. The number of carbonyl (C=O) groups is 1. The van der Waals surface area contributed by atoms with Gasteiger partial charge in [0.1, 0.15) is 12.4 Å². The molecule has 0 aromatic heterocycles. The van der Waals surface area contributed by atoms with Gasteiger partial charge >= 0.3 is 0 Å². The molecule has 1 aliphatic heterocycles. The van der Waals surface area contributed by atoms with E-state index in [4.69, 9.17) is 10.5 Å². The van der Waals surface area contributed by atoms with Crippen molar-refractivity contribution < 1.29 is 22.3 Å². The van der Waals surface area contributed by atoms with E-state index in [1.807, 2.05) is 4.90 Å². The number of carbonyl (C=O) groups excluding carboxylic acids is 1. The molecule has 0 bridgehead atoms. The SMILES string of the molecule is NCC(=CF)COc1ccc(S(=O)(=O)CC2CCN(C(=O)CC3CC3)CC2)cc1. The lowest BCUT2D eigenvalue weighted by Gasteiger charge is -2.32. The van der Waals surface area contributed by atoms with Crippen LogP contribution in [0, 0.1) is 11.8 Å². The first-order valence-corrected chi connectivity index (χ1v) is 11.8. The van der Waals surface area contributed by atoms with E-state index in [0.29, 0.717) is 55.9 Å². The number of hydrogen-bond donors (Lipinski definition) is 1. The number of nitrogens with zero attached hydrogens (tertiary/aromatic N) is 1. The van der Waals surface area contributed by atoms with Crippen molar-refractivity contribution in [3.8, 4) is 5.75 Å². The Labute approximate surface area is 171 Å². The molecule has 1 saturated carbocycles. The minimum Gasteiger partial charge on any atom is -0.489 e. The van der Waals surface area contributed by atoms with Crippen LogP contribution < -0.4 is 10.5 Å². The fraction of sp³-hybridized carbons (Fsp3) is 0.571. The van der Waals surface area contributed by atoms with Gasteiger partial charge in [-0.05, 0) is 61.8 Å². The third kappa shape index (κ3) is 6.27. The molecular weight excluding hydrogens is 395 g/mol. The van der Waals surface area contributed by atoms with Gasteiger partial charge in [0, 0.05) is 31.6 Å². The molecule has 1 aliphatic carbocycles. The van der Waals surface area contributed by atoms with Crippen LogP contribution in [0.1, 0.15) is 32.1 Å². The molecule has 2 aliphatic rings. The number of ether oxygens (including phenoxy) is 1. The number of piperidine rings is 1. The molecule has 2 N–H and O–H groups in total. The van der Waals surface area contributed by atoms with Crippen molar-refractivity contribution in [1.29, 1.82) is 0 Å². The predicted molar refractivity (Wildman–Crippen MR) is 109 cm³/mol. The van der Waals surface area contributed by atoms with Gasteiger partial charge in [0.2, 0.25) is 5.91 Å². The molecule has 0 atom stereocenters. The highest BCUT2D eigenvalue weighted by Gasteiger charge is 2.30. The maximum absolute atomic E-state index is 12.7. The molecule has 1 aromatic carbocycles. The van der Waals surface area contributed by atoms with Crippen LogP contribution in [0.3, 0.4) is 0 Å². The van der Waals surface area contributed by atoms with Crippen molar-refractivity contribution in [2.45, 2.75) is 37.0 Å². The van der Waals surface area contributed by atoms with E-state index >= 15 is 0 Å². The lowest BCUT2D eigenvalue weighted by atomic mass is 9.98. The Morgan fingerprint density at radius 1 is 1.14 bits per heavy atom. The topological polar surface area (TPSA) is 89.7 Å². The van der Waals surface area contributed by atoms with E-state index in [1.165, 1.54) is 12.1 Å². The Bertz CT molecular complexity index is 827. The molecule has 1 aromatic rings. The fourth-order valence-electron chi connectivity index (χ4n) is 3.51. The van der Waals surface area contributed by atoms with E-state index in [0.717, 1.165) is 12.8 Å². The molecule has 29 heavy (non-hydrogen) atoms. The standard InChI is InChI=1S/C21H29FN2O4S/c22-12-18(13-23)14-28-19-3-5-20(6-4-19)29(26,27)15-17-7-9-24(10-8-17)21(25)11-16-1-2-16/h3-6,12,16-17H,1-2,7-11,13-15,23H2. The lowest BCUT2D eigenvalue weighted by Crippen LogP contribution is -2.40. The second kappa shape index (κ2) is 9.71. The molecule has 6 nitrogen and oxygen atoms in total. The van der Waals surface area contributed by atoms with Crippen molar-refractivity contribution in [2.75, 3.05) is 32.0 Å². The summed E-state index contributed by atoms with van der Waals surface area (Å²) in [5, 5.41) is 0. The average Bonchev–Trinajstić information content (AvgIpc) is 3.53. The fourth-order valence-corrected chi connectivity index (χ4v) is 5.20. The summed E-state index contributed by atoms with van der Waals surface area (Å²) in [7, 11) is -3.41. The second-order valence-corrected chi connectivity index (χ2v) is 10.0. The van der Waals surface area contributed by atoms with Crippen LogP contribution >= 0.6 is 0 Å². The summed E-state index contributed by atoms with van der Waals surface area (Å²) in [5.41, 5.74) is 5.70. The zero-order chi connectivity index (χ0) is 20.9. The number of likely N-dealkylation sites (tertiary alicyclic amines) is 1. The molecule has 3 rings (SSSR count). The summed E-state index contributed by atoms with van der Waals surface area (Å²) in [6.07, 6.45) is 4.81. The Hall–Kier alpha value is -1.93. The van der Waals surface area contributed by atoms with Crippen molar-refractivity contribution in [3.63, 3.8) is 0 Å². The van der Waals surface area contributed by atoms with Crippen LogP contribution in [0.15, 0.2) is 41.1 Å². The van der Waals surface area contributed by atoms with Gasteiger partial charge in [0.05, 0.1) is 17.0 Å². The number of nitrogens with two attached hydrogens (primary N) is 1. The van der Waals surface area contributed by atoms with E-state index in [9.17, 15) is 17.6 Å². The number of amides is 1. The Balaban J connectivity index is 1.49. The summed E-state index contributed by atoms with van der Waals surface area (Å²) < 4.78 is 43.4. The van der Waals surface area contributed by atoms with E-state index in [-0.39, 0.29) is 35.6 Å². The molecule has 0 unspecified atom stereocenters. The minimum absolute atomic E-state index is 0.0249. The summed E-state index contributed by atoms with van der Waals surface area (Å²) in [6, 6.07) is 6.16. The van der Waals surface area contributed by atoms with Gasteiger partial charge in [0.25, 0.3) is 0 Å².